The summed E-state index contributed by atoms with van der Waals surface area (Å²) in [5, 5.41) is 2.35. The monoisotopic (exact) mass is 272 g/mol. The fraction of sp³-hybridized carbons (Fsp3) is 0.364. The molecule has 1 fully saturated rings. The second-order valence-electron chi connectivity index (χ2n) is 4.29. The smallest absolute Gasteiger partial charge is 0.228 e. The molecule has 1 unspecified atom stereocenters. The molecule has 0 bridgehead atoms. The normalized spacial score (nSPS) is 21.7. The third kappa shape index (κ3) is 2.61. The molecule has 0 aromatic heterocycles. The number of para-hydroxylation sites is 1. The van der Waals surface area contributed by atoms with Crippen molar-refractivity contribution in [2.24, 2.45) is 5.92 Å². The number of benzene rings is 1. The molecule has 2 rings (SSSR count). The second-order valence-corrected chi connectivity index (χ2v) is 6.52. The number of rotatable bonds is 2. The average Bonchev–Trinajstić information content (AvgIpc) is 2.64. The molecule has 1 aliphatic heterocycles. The fourth-order valence-electron chi connectivity index (χ4n) is 1.90. The van der Waals surface area contributed by atoms with E-state index in [1.54, 1.807) is 0 Å². The molecule has 0 saturated carbocycles. The third-order valence-corrected chi connectivity index (χ3v) is 4.67. The molecule has 1 heterocycles. The summed E-state index contributed by atoms with van der Waals surface area (Å²) in [6.07, 6.45) is 0.266. The predicted molar refractivity (Wildman–Crippen MR) is 66.2 cm³/mol. The van der Waals surface area contributed by atoms with Crippen molar-refractivity contribution in [1.82, 2.24) is 0 Å². The number of anilines is 2. The molecule has 1 aromatic rings. The van der Waals surface area contributed by atoms with Gasteiger partial charge in [0.05, 0.1) is 23.1 Å². The third-order valence-electron chi connectivity index (χ3n) is 2.90. The quantitative estimate of drug-likeness (QED) is 0.779. The van der Waals surface area contributed by atoms with Crippen LogP contribution in [0.25, 0.3) is 0 Å². The van der Waals surface area contributed by atoms with E-state index in [1.807, 2.05) is 0 Å². The highest BCUT2D eigenvalue weighted by molar-refractivity contribution is 7.91. The minimum Gasteiger partial charge on any atom is -0.397 e. The van der Waals surface area contributed by atoms with E-state index in [1.165, 1.54) is 18.2 Å². The minimum atomic E-state index is -3.14. The zero-order valence-electron chi connectivity index (χ0n) is 9.52. The van der Waals surface area contributed by atoms with Gasteiger partial charge in [0.25, 0.3) is 0 Å². The maximum atomic E-state index is 13.4. The van der Waals surface area contributed by atoms with E-state index in [9.17, 15) is 17.6 Å². The van der Waals surface area contributed by atoms with Crippen LogP contribution in [-0.4, -0.2) is 25.8 Å². The maximum Gasteiger partial charge on any atom is 0.228 e. The van der Waals surface area contributed by atoms with Crippen molar-refractivity contribution in [1.29, 1.82) is 0 Å². The average molecular weight is 272 g/mol. The van der Waals surface area contributed by atoms with Crippen LogP contribution in [0.15, 0.2) is 18.2 Å². The van der Waals surface area contributed by atoms with Crippen molar-refractivity contribution in [3.05, 3.63) is 24.0 Å². The van der Waals surface area contributed by atoms with Gasteiger partial charge in [0, 0.05) is 0 Å². The lowest BCUT2D eigenvalue weighted by Gasteiger charge is -2.12. The number of hydrogen-bond donors (Lipinski definition) is 2. The van der Waals surface area contributed by atoms with Crippen molar-refractivity contribution >= 4 is 27.1 Å². The summed E-state index contributed by atoms with van der Waals surface area (Å²) in [7, 11) is -3.14. The van der Waals surface area contributed by atoms with Gasteiger partial charge in [0.2, 0.25) is 5.91 Å². The van der Waals surface area contributed by atoms with Gasteiger partial charge in [-0.2, -0.15) is 0 Å². The van der Waals surface area contributed by atoms with Gasteiger partial charge in [-0.05, 0) is 18.6 Å². The van der Waals surface area contributed by atoms with E-state index in [0.717, 1.165) is 0 Å². The molecule has 1 aliphatic rings. The van der Waals surface area contributed by atoms with Crippen molar-refractivity contribution in [2.75, 3.05) is 22.6 Å². The molecule has 0 aliphatic carbocycles. The van der Waals surface area contributed by atoms with Gasteiger partial charge in [-0.1, -0.05) is 6.07 Å². The summed E-state index contributed by atoms with van der Waals surface area (Å²) in [5.41, 5.74) is 5.57. The minimum absolute atomic E-state index is 0.00214. The van der Waals surface area contributed by atoms with Crippen molar-refractivity contribution in [2.45, 2.75) is 6.42 Å². The number of sulfone groups is 1. The van der Waals surface area contributed by atoms with E-state index in [2.05, 4.69) is 5.32 Å². The Morgan fingerprint density at radius 3 is 2.72 bits per heavy atom. The summed E-state index contributed by atoms with van der Waals surface area (Å²) >= 11 is 0. The van der Waals surface area contributed by atoms with Crippen LogP contribution < -0.4 is 11.1 Å². The number of carbonyl (C=O) groups is 1. The van der Waals surface area contributed by atoms with Gasteiger partial charge in [-0.15, -0.1) is 0 Å². The molecule has 7 heteroatoms. The van der Waals surface area contributed by atoms with Crippen LogP contribution in [-0.2, 0) is 14.6 Å². The fourth-order valence-corrected chi connectivity index (χ4v) is 3.64. The highest BCUT2D eigenvalue weighted by Crippen LogP contribution is 2.25. The molecule has 0 spiro atoms. The molecule has 1 saturated heterocycles. The van der Waals surface area contributed by atoms with Gasteiger partial charge in [-0.3, -0.25) is 4.79 Å². The molecule has 18 heavy (non-hydrogen) atoms. The van der Waals surface area contributed by atoms with Crippen LogP contribution in [0.1, 0.15) is 6.42 Å². The largest absolute Gasteiger partial charge is 0.397 e. The van der Waals surface area contributed by atoms with Gasteiger partial charge in [0.15, 0.2) is 9.84 Å². The van der Waals surface area contributed by atoms with Gasteiger partial charge in [-0.25, -0.2) is 12.8 Å². The van der Waals surface area contributed by atoms with E-state index in [-0.39, 0.29) is 29.3 Å². The molecule has 1 amide bonds. The number of halogens is 1. The van der Waals surface area contributed by atoms with E-state index >= 15 is 0 Å². The van der Waals surface area contributed by atoms with Gasteiger partial charge < -0.3 is 11.1 Å². The highest BCUT2D eigenvalue weighted by Gasteiger charge is 2.33. The summed E-state index contributed by atoms with van der Waals surface area (Å²) in [6, 6.07) is 4.07. The molecule has 1 aromatic carbocycles. The first-order chi connectivity index (χ1) is 8.39. The summed E-state index contributed by atoms with van der Waals surface area (Å²) in [6.45, 7) is 0. The first-order valence-electron chi connectivity index (χ1n) is 5.44. The standard InChI is InChI=1S/C11H13FN2O3S/c12-8-2-1-3-9(13)10(8)14-11(15)7-4-5-18(16,17)6-7/h1-3,7H,4-6,13H2,(H,14,15). The number of nitrogens with two attached hydrogens (primary N) is 1. The Balaban J connectivity index is 2.13. The Kier molecular flexibility index (Phi) is 3.25. The number of nitrogens with one attached hydrogen (secondary N) is 1. The van der Waals surface area contributed by atoms with Crippen LogP contribution in [0.5, 0.6) is 0 Å². The second kappa shape index (κ2) is 4.56. The summed E-state index contributed by atoms with van der Waals surface area (Å²) in [4.78, 5) is 11.8. The van der Waals surface area contributed by atoms with Crippen LogP contribution in [0, 0.1) is 11.7 Å². The molecule has 0 radical (unpaired) electrons. The van der Waals surface area contributed by atoms with Gasteiger partial charge in [0.1, 0.15) is 11.5 Å². The number of hydrogen-bond acceptors (Lipinski definition) is 4. The molecular formula is C11H13FN2O3S. The van der Waals surface area contributed by atoms with E-state index in [0.29, 0.717) is 0 Å². The van der Waals surface area contributed by atoms with Crippen LogP contribution >= 0.6 is 0 Å². The number of amides is 1. The first kappa shape index (κ1) is 12.8. The maximum absolute atomic E-state index is 13.4. The molecule has 98 valence electrons. The zero-order chi connectivity index (χ0) is 13.3. The Morgan fingerprint density at radius 1 is 1.44 bits per heavy atom. The Hall–Kier alpha value is -1.63. The SMILES string of the molecule is Nc1cccc(F)c1NC(=O)C1CCS(=O)(=O)C1. The van der Waals surface area contributed by atoms with Crippen LogP contribution in [0.2, 0.25) is 0 Å². The molecule has 1 atom stereocenters. The lowest BCUT2D eigenvalue weighted by molar-refractivity contribution is -0.119. The lowest BCUT2D eigenvalue weighted by Crippen LogP contribution is -2.24. The lowest BCUT2D eigenvalue weighted by atomic mass is 10.1. The van der Waals surface area contributed by atoms with E-state index in [4.69, 9.17) is 5.73 Å². The predicted octanol–water partition coefficient (Wildman–Crippen LogP) is 0.781. The van der Waals surface area contributed by atoms with Crippen molar-refractivity contribution in [3.63, 3.8) is 0 Å². The zero-order valence-corrected chi connectivity index (χ0v) is 10.3. The van der Waals surface area contributed by atoms with Crippen molar-refractivity contribution in [3.8, 4) is 0 Å². The van der Waals surface area contributed by atoms with Gasteiger partial charge >= 0.3 is 0 Å². The van der Waals surface area contributed by atoms with Crippen LogP contribution in [0.4, 0.5) is 15.8 Å². The number of nitrogen functional groups attached to an aromatic ring is 1. The first-order valence-corrected chi connectivity index (χ1v) is 7.26. The molecular weight excluding hydrogens is 259 g/mol. The Morgan fingerprint density at radius 2 is 2.17 bits per heavy atom. The number of carbonyl (C=O) groups excluding carboxylic acids is 1. The Bertz CT molecular complexity index is 566. The molecule has 3 N–H and O–H groups in total. The summed E-state index contributed by atoms with van der Waals surface area (Å²) in [5.74, 6) is -1.96. The van der Waals surface area contributed by atoms with Crippen molar-refractivity contribution < 1.29 is 17.6 Å². The molecule has 5 nitrogen and oxygen atoms in total. The Labute approximate surface area is 104 Å². The topological polar surface area (TPSA) is 89.3 Å². The van der Waals surface area contributed by atoms with E-state index < -0.39 is 27.5 Å². The van der Waals surface area contributed by atoms with Crippen LogP contribution in [0.3, 0.4) is 0 Å². The highest BCUT2D eigenvalue weighted by atomic mass is 32.2. The summed E-state index contributed by atoms with van der Waals surface area (Å²) < 4.78 is 35.9.